The number of amides is 1. The van der Waals surface area contributed by atoms with E-state index in [2.05, 4.69) is 36.2 Å². The predicted molar refractivity (Wildman–Crippen MR) is 122 cm³/mol. The van der Waals surface area contributed by atoms with E-state index in [1.165, 1.54) is 12.4 Å². The van der Waals surface area contributed by atoms with Gasteiger partial charge in [-0.3, -0.25) is 4.79 Å². The summed E-state index contributed by atoms with van der Waals surface area (Å²) in [5.74, 6) is 0.923. The first-order chi connectivity index (χ1) is 15.0. The Morgan fingerprint density at radius 3 is 2.58 bits per heavy atom. The molecule has 0 bridgehead atoms. The van der Waals surface area contributed by atoms with Gasteiger partial charge < -0.3 is 26.2 Å². The van der Waals surface area contributed by atoms with E-state index in [-0.39, 0.29) is 24.2 Å². The van der Waals surface area contributed by atoms with Gasteiger partial charge in [0.15, 0.2) is 5.69 Å². The van der Waals surface area contributed by atoms with Gasteiger partial charge in [-0.15, -0.1) is 0 Å². The highest BCUT2D eigenvalue weighted by Crippen LogP contribution is 2.26. The van der Waals surface area contributed by atoms with Crippen molar-refractivity contribution in [1.82, 2.24) is 25.2 Å². The van der Waals surface area contributed by atoms with Gasteiger partial charge in [0, 0.05) is 18.7 Å². The molecule has 1 fully saturated rings. The summed E-state index contributed by atoms with van der Waals surface area (Å²) in [5.41, 5.74) is 1.65. The second kappa shape index (κ2) is 12.4. The van der Waals surface area contributed by atoms with Crippen LogP contribution in [0.4, 0.5) is 23.0 Å². The van der Waals surface area contributed by atoms with Crippen molar-refractivity contribution in [3.05, 3.63) is 30.4 Å². The molecule has 1 aliphatic heterocycles. The predicted octanol–water partition coefficient (Wildman–Crippen LogP) is 2.18. The van der Waals surface area contributed by atoms with E-state index in [1.54, 1.807) is 11.1 Å². The van der Waals surface area contributed by atoms with Crippen molar-refractivity contribution in [2.24, 2.45) is 0 Å². The molecule has 10 heteroatoms. The van der Waals surface area contributed by atoms with E-state index in [9.17, 15) is 4.79 Å². The van der Waals surface area contributed by atoms with Crippen LogP contribution in [0.25, 0.3) is 0 Å². The van der Waals surface area contributed by atoms with E-state index in [4.69, 9.17) is 5.26 Å². The van der Waals surface area contributed by atoms with Gasteiger partial charge in [-0.2, -0.15) is 5.26 Å². The lowest BCUT2D eigenvalue weighted by Crippen LogP contribution is -2.38. The Hall–Kier alpha value is -3.29. The maximum absolute atomic E-state index is 12.2. The van der Waals surface area contributed by atoms with Gasteiger partial charge in [-0.25, -0.2) is 15.0 Å². The first-order valence-electron chi connectivity index (χ1n) is 10.4. The second-order valence-corrected chi connectivity index (χ2v) is 7.11. The molecule has 1 unspecified atom stereocenters. The van der Waals surface area contributed by atoms with Crippen LogP contribution in [0.5, 0.6) is 0 Å². The van der Waals surface area contributed by atoms with Gasteiger partial charge in [0.1, 0.15) is 17.7 Å². The van der Waals surface area contributed by atoms with Crippen LogP contribution in [-0.4, -0.2) is 65.5 Å². The Morgan fingerprint density at radius 2 is 1.97 bits per heavy atom. The zero-order valence-electron chi connectivity index (χ0n) is 18.6. The van der Waals surface area contributed by atoms with Crippen LogP contribution in [0.15, 0.2) is 24.7 Å². The average Bonchev–Trinajstić information content (AvgIpc) is 2.78. The monoisotopic (exact) mass is 425 g/mol. The lowest BCUT2D eigenvalue weighted by Gasteiger charge is -2.26. The molecule has 166 valence electrons. The molecule has 0 aliphatic carbocycles. The third-order valence-corrected chi connectivity index (χ3v) is 4.32. The number of anilines is 4. The van der Waals surface area contributed by atoms with Crippen molar-refractivity contribution in [1.29, 1.82) is 5.26 Å². The maximum atomic E-state index is 12.2. The molecule has 2 aromatic heterocycles. The van der Waals surface area contributed by atoms with Crippen molar-refractivity contribution in [2.45, 2.75) is 32.7 Å². The van der Waals surface area contributed by atoms with Crippen molar-refractivity contribution in [3.8, 4) is 6.07 Å². The van der Waals surface area contributed by atoms with Crippen molar-refractivity contribution >= 4 is 28.9 Å². The normalized spacial score (nSPS) is 15.3. The SMILES string of the molecule is CC.CN(C)CC(=O)Nc1cnc(Nc2cnc(C#N)cn2)cc1NC1CCCNC1. The van der Waals surface area contributed by atoms with E-state index in [1.807, 2.05) is 40.1 Å². The molecule has 3 heterocycles. The highest BCUT2D eigenvalue weighted by atomic mass is 16.2. The molecule has 3 rings (SSSR count). The first kappa shape index (κ1) is 24.0. The van der Waals surface area contributed by atoms with Crippen LogP contribution < -0.4 is 21.3 Å². The van der Waals surface area contributed by atoms with Gasteiger partial charge in [-0.05, 0) is 33.5 Å². The Morgan fingerprint density at radius 1 is 1.19 bits per heavy atom. The van der Waals surface area contributed by atoms with Crippen LogP contribution in [0.1, 0.15) is 32.4 Å². The molecular weight excluding hydrogens is 394 g/mol. The first-order valence-corrected chi connectivity index (χ1v) is 10.4. The lowest BCUT2D eigenvalue weighted by atomic mass is 10.1. The molecule has 2 aromatic rings. The molecule has 0 radical (unpaired) electrons. The van der Waals surface area contributed by atoms with Gasteiger partial charge in [0.25, 0.3) is 0 Å². The highest BCUT2D eigenvalue weighted by Gasteiger charge is 2.16. The lowest BCUT2D eigenvalue weighted by molar-refractivity contribution is -0.116. The van der Waals surface area contributed by atoms with E-state index >= 15 is 0 Å². The molecule has 31 heavy (non-hydrogen) atoms. The van der Waals surface area contributed by atoms with Gasteiger partial charge in [0.2, 0.25) is 5.91 Å². The van der Waals surface area contributed by atoms with Crippen LogP contribution in [0, 0.1) is 11.3 Å². The minimum atomic E-state index is -0.111. The highest BCUT2D eigenvalue weighted by molar-refractivity contribution is 5.95. The van der Waals surface area contributed by atoms with Crippen LogP contribution in [-0.2, 0) is 4.79 Å². The number of carbonyl (C=O) groups excluding carboxylic acids is 1. The smallest absolute Gasteiger partial charge is 0.238 e. The number of aromatic nitrogens is 3. The fraction of sp³-hybridized carbons (Fsp3) is 0.476. The molecule has 1 saturated heterocycles. The number of likely N-dealkylation sites (N-methyl/N-ethyl adjacent to an activating group) is 1. The Labute approximate surface area is 183 Å². The van der Waals surface area contributed by atoms with Gasteiger partial charge >= 0.3 is 0 Å². The fourth-order valence-corrected chi connectivity index (χ4v) is 3.00. The molecule has 0 saturated carbocycles. The number of hydrogen-bond donors (Lipinski definition) is 4. The largest absolute Gasteiger partial charge is 0.379 e. The minimum Gasteiger partial charge on any atom is -0.379 e. The number of carbonyl (C=O) groups is 1. The third kappa shape index (κ3) is 7.81. The summed E-state index contributed by atoms with van der Waals surface area (Å²) in [7, 11) is 3.69. The number of nitrogens with zero attached hydrogens (tertiary/aromatic N) is 5. The molecular formula is C21H31N9O. The zero-order chi connectivity index (χ0) is 22.6. The topological polar surface area (TPSA) is 131 Å². The third-order valence-electron chi connectivity index (χ3n) is 4.32. The molecule has 10 nitrogen and oxygen atoms in total. The number of nitrogens with one attached hydrogen (secondary N) is 4. The summed E-state index contributed by atoms with van der Waals surface area (Å²) in [6, 6.07) is 4.03. The minimum absolute atomic E-state index is 0.111. The summed E-state index contributed by atoms with van der Waals surface area (Å²) in [6.07, 6.45) is 6.63. The Balaban J connectivity index is 0.00000166. The molecule has 1 atom stereocenters. The second-order valence-electron chi connectivity index (χ2n) is 7.11. The average molecular weight is 426 g/mol. The summed E-state index contributed by atoms with van der Waals surface area (Å²) in [6.45, 7) is 6.16. The van der Waals surface area contributed by atoms with E-state index in [0.29, 0.717) is 17.3 Å². The molecule has 0 spiro atoms. The Kier molecular flexibility index (Phi) is 9.61. The van der Waals surface area contributed by atoms with Crippen molar-refractivity contribution < 1.29 is 4.79 Å². The molecule has 4 N–H and O–H groups in total. The van der Waals surface area contributed by atoms with Crippen molar-refractivity contribution in [2.75, 3.05) is 49.7 Å². The van der Waals surface area contributed by atoms with E-state index < -0.39 is 0 Å². The van der Waals surface area contributed by atoms with Crippen LogP contribution in [0.3, 0.4) is 0 Å². The number of hydrogen-bond acceptors (Lipinski definition) is 9. The summed E-state index contributed by atoms with van der Waals surface area (Å²) < 4.78 is 0. The van der Waals surface area contributed by atoms with Crippen LogP contribution >= 0.6 is 0 Å². The summed E-state index contributed by atoms with van der Waals surface area (Å²) >= 11 is 0. The standard InChI is InChI=1S/C19H25N9O.C2H6/c1-28(2)12-19(29)26-16-10-24-17(27-18-11-22-14(7-20)9-23-18)6-15(16)25-13-4-3-5-21-8-13;1-2/h6,9-11,13,21H,3-5,8,12H2,1-2H3,(H,26,29)(H2,23,24,25,27);1-2H3. The summed E-state index contributed by atoms with van der Waals surface area (Å²) in [5, 5.41) is 21.7. The quantitative estimate of drug-likeness (QED) is 0.527. The number of pyridine rings is 1. The molecule has 1 amide bonds. The maximum Gasteiger partial charge on any atom is 0.238 e. The molecule has 0 aromatic carbocycles. The van der Waals surface area contributed by atoms with E-state index in [0.717, 1.165) is 31.6 Å². The van der Waals surface area contributed by atoms with Crippen LogP contribution in [0.2, 0.25) is 0 Å². The summed E-state index contributed by atoms with van der Waals surface area (Å²) in [4.78, 5) is 26.5. The number of rotatable bonds is 7. The Bertz CT molecular complexity index is 871. The number of nitriles is 1. The van der Waals surface area contributed by atoms with Gasteiger partial charge in [0.05, 0.1) is 36.5 Å². The fourth-order valence-electron chi connectivity index (χ4n) is 3.00. The molecule has 1 aliphatic rings. The van der Waals surface area contributed by atoms with Gasteiger partial charge in [-0.1, -0.05) is 13.8 Å². The van der Waals surface area contributed by atoms with Crippen molar-refractivity contribution in [3.63, 3.8) is 0 Å². The zero-order valence-corrected chi connectivity index (χ0v) is 18.6. The number of piperidine rings is 1.